The fraction of sp³-hybridized carbons (Fsp3) is 0.615. The Kier molecular flexibility index (Phi) is 6.05. The predicted molar refractivity (Wildman–Crippen MR) is 67.2 cm³/mol. The van der Waals surface area contributed by atoms with Crippen LogP contribution in [-0.4, -0.2) is 36.1 Å². The third kappa shape index (κ3) is 4.73. The van der Waals surface area contributed by atoms with Crippen LogP contribution in [0, 0.1) is 11.8 Å². The number of nitrogens with one attached hydrogen (secondary N) is 1. The topological polar surface area (TPSA) is 92.7 Å². The fourth-order valence-corrected chi connectivity index (χ4v) is 2.03. The number of hydrogen-bond acceptors (Lipinski definition) is 4. The lowest BCUT2D eigenvalue weighted by atomic mass is 9.82. The Morgan fingerprint density at radius 3 is 2.47 bits per heavy atom. The second kappa shape index (κ2) is 7.56. The van der Waals surface area contributed by atoms with Gasteiger partial charge in [-0.1, -0.05) is 12.2 Å². The van der Waals surface area contributed by atoms with Gasteiger partial charge in [0.15, 0.2) is 0 Å². The van der Waals surface area contributed by atoms with Crippen LogP contribution in [0.5, 0.6) is 0 Å². The van der Waals surface area contributed by atoms with Gasteiger partial charge in [0, 0.05) is 6.54 Å². The van der Waals surface area contributed by atoms with Gasteiger partial charge in [-0.25, -0.2) is 0 Å². The summed E-state index contributed by atoms with van der Waals surface area (Å²) < 4.78 is 4.73. The highest BCUT2D eigenvalue weighted by Gasteiger charge is 2.33. The van der Waals surface area contributed by atoms with Crippen LogP contribution in [0.4, 0.5) is 0 Å². The molecule has 1 amide bonds. The number of amides is 1. The summed E-state index contributed by atoms with van der Waals surface area (Å²) in [4.78, 5) is 34.0. The standard InChI is InChI=1S/C13H19NO5/c1-2-19-11(15)7-8-14-12(16)9-5-3-4-6-10(9)13(17)18/h3-4,9-10H,2,5-8H2,1H3,(H,14,16)(H,17,18)/t9-,10+/m1/s1. The van der Waals surface area contributed by atoms with E-state index in [1.54, 1.807) is 13.0 Å². The Hall–Kier alpha value is -1.85. The van der Waals surface area contributed by atoms with Gasteiger partial charge in [0.1, 0.15) is 0 Å². The lowest BCUT2D eigenvalue weighted by Gasteiger charge is -2.24. The van der Waals surface area contributed by atoms with Crippen molar-refractivity contribution < 1.29 is 24.2 Å². The molecule has 0 heterocycles. The average Bonchev–Trinajstić information content (AvgIpc) is 2.38. The average molecular weight is 269 g/mol. The third-order valence-corrected chi connectivity index (χ3v) is 3.02. The van der Waals surface area contributed by atoms with Crippen molar-refractivity contribution in [3.8, 4) is 0 Å². The van der Waals surface area contributed by atoms with Gasteiger partial charge in [-0.3, -0.25) is 14.4 Å². The lowest BCUT2D eigenvalue weighted by Crippen LogP contribution is -2.39. The van der Waals surface area contributed by atoms with Crippen molar-refractivity contribution in [2.24, 2.45) is 11.8 Å². The number of carboxylic acid groups (broad SMARTS) is 1. The van der Waals surface area contributed by atoms with Crippen molar-refractivity contribution >= 4 is 17.8 Å². The van der Waals surface area contributed by atoms with Crippen molar-refractivity contribution in [1.82, 2.24) is 5.32 Å². The first kappa shape index (κ1) is 15.2. The van der Waals surface area contributed by atoms with E-state index in [1.165, 1.54) is 0 Å². The number of carbonyl (C=O) groups excluding carboxylic acids is 2. The van der Waals surface area contributed by atoms with E-state index in [1.807, 2.05) is 6.08 Å². The number of rotatable bonds is 6. The van der Waals surface area contributed by atoms with Crippen molar-refractivity contribution in [3.63, 3.8) is 0 Å². The Morgan fingerprint density at radius 1 is 1.26 bits per heavy atom. The number of carboxylic acids is 1. The second-order valence-corrected chi connectivity index (χ2v) is 4.34. The predicted octanol–water partition coefficient (Wildman–Crippen LogP) is 0.723. The highest BCUT2D eigenvalue weighted by atomic mass is 16.5. The second-order valence-electron chi connectivity index (χ2n) is 4.34. The van der Waals surface area contributed by atoms with Crippen LogP contribution in [0.3, 0.4) is 0 Å². The smallest absolute Gasteiger partial charge is 0.307 e. The molecule has 106 valence electrons. The minimum absolute atomic E-state index is 0.0971. The van der Waals surface area contributed by atoms with Crippen molar-refractivity contribution in [2.45, 2.75) is 26.2 Å². The summed E-state index contributed by atoms with van der Waals surface area (Å²) in [5, 5.41) is 11.6. The zero-order valence-corrected chi connectivity index (χ0v) is 10.9. The number of esters is 1. The zero-order valence-electron chi connectivity index (χ0n) is 10.9. The summed E-state index contributed by atoms with van der Waals surface area (Å²) in [7, 11) is 0. The van der Waals surface area contributed by atoms with Crippen LogP contribution in [0.2, 0.25) is 0 Å². The van der Waals surface area contributed by atoms with E-state index in [0.717, 1.165) is 0 Å². The quantitative estimate of drug-likeness (QED) is 0.547. The summed E-state index contributed by atoms with van der Waals surface area (Å²) in [6.45, 7) is 2.19. The highest BCUT2D eigenvalue weighted by molar-refractivity contribution is 5.85. The summed E-state index contributed by atoms with van der Waals surface area (Å²) in [5.74, 6) is -2.91. The Bertz CT molecular complexity index is 377. The molecule has 19 heavy (non-hydrogen) atoms. The van der Waals surface area contributed by atoms with Gasteiger partial charge < -0.3 is 15.2 Å². The van der Waals surface area contributed by atoms with Gasteiger partial charge >= 0.3 is 11.9 Å². The van der Waals surface area contributed by atoms with E-state index in [9.17, 15) is 14.4 Å². The van der Waals surface area contributed by atoms with E-state index in [2.05, 4.69) is 5.32 Å². The van der Waals surface area contributed by atoms with E-state index in [4.69, 9.17) is 9.84 Å². The minimum Gasteiger partial charge on any atom is -0.481 e. The lowest BCUT2D eigenvalue weighted by molar-refractivity contribution is -0.147. The molecule has 6 nitrogen and oxygen atoms in total. The van der Waals surface area contributed by atoms with Gasteiger partial charge in [-0.15, -0.1) is 0 Å². The maximum Gasteiger partial charge on any atom is 0.307 e. The van der Waals surface area contributed by atoms with E-state index in [-0.39, 0.29) is 24.8 Å². The summed E-state index contributed by atoms with van der Waals surface area (Å²) in [5.41, 5.74) is 0. The highest BCUT2D eigenvalue weighted by Crippen LogP contribution is 2.25. The van der Waals surface area contributed by atoms with Crippen LogP contribution in [-0.2, 0) is 19.1 Å². The molecule has 0 saturated carbocycles. The van der Waals surface area contributed by atoms with Gasteiger partial charge in [0.05, 0.1) is 24.9 Å². The molecule has 6 heteroatoms. The number of aliphatic carboxylic acids is 1. The molecule has 1 aliphatic rings. The largest absolute Gasteiger partial charge is 0.481 e. The number of ether oxygens (including phenoxy) is 1. The van der Waals surface area contributed by atoms with E-state index >= 15 is 0 Å². The number of carbonyl (C=O) groups is 3. The molecule has 0 fully saturated rings. The molecule has 2 atom stereocenters. The molecule has 0 saturated heterocycles. The van der Waals surface area contributed by atoms with Gasteiger partial charge in [-0.05, 0) is 19.8 Å². The Balaban J connectivity index is 2.41. The SMILES string of the molecule is CCOC(=O)CCNC(=O)[C@@H]1CC=CC[C@@H]1C(=O)O. The first-order valence-electron chi connectivity index (χ1n) is 6.37. The molecule has 0 unspecified atom stereocenters. The van der Waals surface area contributed by atoms with Crippen molar-refractivity contribution in [2.75, 3.05) is 13.2 Å². The van der Waals surface area contributed by atoms with E-state index < -0.39 is 17.8 Å². The molecule has 0 spiro atoms. The number of hydrogen-bond donors (Lipinski definition) is 2. The third-order valence-electron chi connectivity index (χ3n) is 3.02. The Morgan fingerprint density at radius 2 is 1.89 bits per heavy atom. The summed E-state index contributed by atoms with van der Waals surface area (Å²) in [6, 6.07) is 0. The Labute approximate surface area is 111 Å². The summed E-state index contributed by atoms with van der Waals surface area (Å²) >= 11 is 0. The van der Waals surface area contributed by atoms with Crippen LogP contribution in [0.15, 0.2) is 12.2 Å². The van der Waals surface area contributed by atoms with Gasteiger partial charge in [-0.2, -0.15) is 0 Å². The molecular formula is C13H19NO5. The molecule has 1 rings (SSSR count). The van der Waals surface area contributed by atoms with Crippen molar-refractivity contribution in [1.29, 1.82) is 0 Å². The molecule has 0 aromatic carbocycles. The molecule has 0 aromatic rings. The van der Waals surface area contributed by atoms with Crippen LogP contribution in [0.25, 0.3) is 0 Å². The molecule has 0 radical (unpaired) electrons. The maximum absolute atomic E-state index is 11.9. The molecule has 2 N–H and O–H groups in total. The van der Waals surface area contributed by atoms with Gasteiger partial charge in [0.25, 0.3) is 0 Å². The molecule has 0 aliphatic heterocycles. The van der Waals surface area contributed by atoms with E-state index in [0.29, 0.717) is 19.4 Å². The van der Waals surface area contributed by atoms with Gasteiger partial charge in [0.2, 0.25) is 5.91 Å². The fourth-order valence-electron chi connectivity index (χ4n) is 2.03. The molecular weight excluding hydrogens is 250 g/mol. The monoisotopic (exact) mass is 269 g/mol. The number of allylic oxidation sites excluding steroid dienone is 2. The molecule has 1 aliphatic carbocycles. The maximum atomic E-state index is 11.9. The normalized spacial score (nSPS) is 21.7. The van der Waals surface area contributed by atoms with Crippen LogP contribution < -0.4 is 5.32 Å². The first-order chi connectivity index (χ1) is 9.06. The summed E-state index contributed by atoms with van der Waals surface area (Å²) in [6.07, 6.45) is 4.48. The zero-order chi connectivity index (χ0) is 14.3. The molecule has 0 bridgehead atoms. The van der Waals surface area contributed by atoms with Crippen LogP contribution >= 0.6 is 0 Å². The molecule has 0 aromatic heterocycles. The first-order valence-corrected chi connectivity index (χ1v) is 6.37. The minimum atomic E-state index is -0.963. The van der Waals surface area contributed by atoms with Crippen molar-refractivity contribution in [3.05, 3.63) is 12.2 Å². The van der Waals surface area contributed by atoms with Crippen LogP contribution in [0.1, 0.15) is 26.2 Å².